The molecule has 0 heterocycles. The Morgan fingerprint density at radius 2 is 1.26 bits per heavy atom. The van der Waals surface area contributed by atoms with Crippen LogP contribution in [0.5, 0.6) is 11.5 Å². The van der Waals surface area contributed by atoms with E-state index in [0.717, 1.165) is 24.3 Å². The average Bonchev–Trinajstić information content (AvgIpc) is 2.80. The second kappa shape index (κ2) is 11.4. The molecule has 38 heavy (non-hydrogen) atoms. The molecule has 3 rings (SSSR count). The van der Waals surface area contributed by atoms with Gasteiger partial charge in [0.05, 0.1) is 4.90 Å². The SMILES string of the molecule is O=C(COc1cc(I)c(S(=O)(=O)[O-])c(I)c1)Oc1ccc([N-]S(=O)(=O)c2c(F)c(F)c(F)c(F)c2F)cc1. The maximum atomic E-state index is 13.8. The Labute approximate surface area is 238 Å². The summed E-state index contributed by atoms with van der Waals surface area (Å²) in [5, 5.41) is 0. The number of carbonyl (C=O) groups excluding carboxylic acids is 1. The van der Waals surface area contributed by atoms with Crippen molar-refractivity contribution in [3.63, 3.8) is 0 Å². The minimum atomic E-state index is -5.39. The van der Waals surface area contributed by atoms with Crippen molar-refractivity contribution in [1.82, 2.24) is 0 Å². The van der Waals surface area contributed by atoms with Crippen molar-refractivity contribution in [2.45, 2.75) is 9.79 Å². The van der Waals surface area contributed by atoms with Crippen LogP contribution in [0.4, 0.5) is 27.6 Å². The Hall–Kier alpha value is -2.30. The molecule has 0 aliphatic carbocycles. The first kappa shape index (κ1) is 30.2. The topological polar surface area (TPSA) is 141 Å². The van der Waals surface area contributed by atoms with Crippen molar-refractivity contribution in [3.8, 4) is 11.5 Å². The van der Waals surface area contributed by atoms with Gasteiger partial charge in [-0.05, 0) is 69.4 Å². The molecule has 3 aromatic rings. The van der Waals surface area contributed by atoms with Gasteiger partial charge in [0.25, 0.3) is 0 Å². The number of esters is 1. The first-order valence-electron chi connectivity index (χ1n) is 9.41. The fourth-order valence-corrected chi connectivity index (χ4v) is 7.78. The van der Waals surface area contributed by atoms with E-state index in [1.807, 2.05) is 0 Å². The van der Waals surface area contributed by atoms with Crippen LogP contribution in [0.1, 0.15) is 0 Å². The molecule has 0 saturated heterocycles. The van der Waals surface area contributed by atoms with Crippen LogP contribution in [0.2, 0.25) is 0 Å². The Balaban J connectivity index is 1.68. The summed E-state index contributed by atoms with van der Waals surface area (Å²) in [4.78, 5) is 9.47. The molecule has 0 aromatic heterocycles. The number of ether oxygens (including phenoxy) is 2. The highest BCUT2D eigenvalue weighted by Crippen LogP contribution is 2.34. The minimum absolute atomic E-state index is 0.0515. The third-order valence-electron chi connectivity index (χ3n) is 4.30. The Morgan fingerprint density at radius 3 is 1.74 bits per heavy atom. The smallest absolute Gasteiger partial charge is 0.349 e. The zero-order valence-corrected chi connectivity index (χ0v) is 23.8. The van der Waals surface area contributed by atoms with Crippen LogP contribution in [0.15, 0.2) is 46.2 Å². The van der Waals surface area contributed by atoms with Crippen LogP contribution < -0.4 is 9.47 Å². The van der Waals surface area contributed by atoms with E-state index in [9.17, 15) is 48.1 Å². The standard InChI is InChI=1S/C20H9F5I2NO8S2/c21-14-15(22)17(24)20(18(25)16(14)23)37(30,31)28-8-1-3-9(4-2-8)36-13(29)7-35-10-5-11(26)19(12(27)6-10)38(32,33)34/h1-6H,7H2,(H,32,33,34)/q-1/p-1. The molecule has 0 radical (unpaired) electrons. The molecule has 0 aliphatic rings. The monoisotopic (exact) mass is 803 g/mol. The lowest BCUT2D eigenvalue weighted by atomic mass is 10.3. The van der Waals surface area contributed by atoms with Crippen molar-refractivity contribution in [3.05, 3.63) is 77.3 Å². The average molecular weight is 803 g/mol. The van der Waals surface area contributed by atoms with Crippen LogP contribution in [-0.4, -0.2) is 34.0 Å². The van der Waals surface area contributed by atoms with Crippen molar-refractivity contribution in [2.75, 3.05) is 6.61 Å². The van der Waals surface area contributed by atoms with Gasteiger partial charge >= 0.3 is 5.97 Å². The molecule has 9 nitrogen and oxygen atoms in total. The minimum Gasteiger partial charge on any atom is -0.744 e. The van der Waals surface area contributed by atoms with Crippen molar-refractivity contribution in [2.24, 2.45) is 0 Å². The summed E-state index contributed by atoms with van der Waals surface area (Å²) in [6.07, 6.45) is 0. The molecule has 0 spiro atoms. The highest BCUT2D eigenvalue weighted by Gasteiger charge is 2.30. The van der Waals surface area contributed by atoms with Crippen LogP contribution in [0.25, 0.3) is 4.72 Å². The Morgan fingerprint density at radius 1 is 0.789 bits per heavy atom. The summed E-state index contributed by atoms with van der Waals surface area (Å²) in [5.41, 5.74) is -0.498. The summed E-state index contributed by atoms with van der Waals surface area (Å²) in [6, 6.07) is 6.29. The summed E-state index contributed by atoms with van der Waals surface area (Å²) in [7, 11) is -10.1. The predicted molar refractivity (Wildman–Crippen MR) is 134 cm³/mol. The van der Waals surface area contributed by atoms with Crippen LogP contribution in [-0.2, 0) is 24.9 Å². The lowest BCUT2D eigenvalue weighted by molar-refractivity contribution is -0.136. The molecule has 204 valence electrons. The van der Waals surface area contributed by atoms with E-state index in [4.69, 9.17) is 9.47 Å². The van der Waals surface area contributed by atoms with Gasteiger partial charge < -0.3 is 18.7 Å². The fourth-order valence-electron chi connectivity index (χ4n) is 2.73. The van der Waals surface area contributed by atoms with Gasteiger partial charge in [-0.25, -0.2) is 43.6 Å². The Bertz CT molecular complexity index is 1600. The van der Waals surface area contributed by atoms with E-state index in [1.165, 1.54) is 12.1 Å². The van der Waals surface area contributed by atoms with E-state index < -0.39 is 77.3 Å². The number of hydrogen-bond donors (Lipinski definition) is 0. The molecule has 0 N–H and O–H groups in total. The zero-order valence-electron chi connectivity index (χ0n) is 17.8. The van der Waals surface area contributed by atoms with Gasteiger partial charge in [0.1, 0.15) is 36.5 Å². The highest BCUT2D eigenvalue weighted by atomic mass is 127. The largest absolute Gasteiger partial charge is 0.744 e. The van der Waals surface area contributed by atoms with Crippen LogP contribution in [0.3, 0.4) is 0 Å². The summed E-state index contributed by atoms with van der Waals surface area (Å²) >= 11 is 3.22. The lowest BCUT2D eigenvalue weighted by Gasteiger charge is -2.23. The van der Waals surface area contributed by atoms with E-state index in [0.29, 0.717) is 0 Å². The van der Waals surface area contributed by atoms with Gasteiger partial charge in [0.2, 0.25) is 5.82 Å². The molecule has 18 heteroatoms. The van der Waals surface area contributed by atoms with Crippen LogP contribution in [0, 0.1) is 36.2 Å². The fraction of sp³-hybridized carbons (Fsp3) is 0.0500. The summed E-state index contributed by atoms with van der Waals surface area (Å²) in [6.45, 7) is -0.670. The first-order chi connectivity index (χ1) is 17.5. The van der Waals surface area contributed by atoms with Gasteiger partial charge in [0.15, 0.2) is 29.9 Å². The molecule has 0 saturated carbocycles. The first-order valence-corrected chi connectivity index (χ1v) is 14.4. The summed E-state index contributed by atoms with van der Waals surface area (Å²) in [5.74, 6) is -13.7. The molecule has 0 aliphatic heterocycles. The molecule has 0 fully saturated rings. The predicted octanol–water partition coefficient (Wildman–Crippen LogP) is 4.87. The number of sulfonamides is 1. The number of nitrogens with zero attached hydrogens (tertiary/aromatic N) is 1. The van der Waals surface area contributed by atoms with Crippen LogP contribution >= 0.6 is 45.2 Å². The van der Waals surface area contributed by atoms with Gasteiger partial charge in [0, 0.05) is 7.14 Å². The molecule has 0 bridgehead atoms. The number of halogens is 7. The molecule has 0 amide bonds. The number of benzene rings is 3. The van der Waals surface area contributed by atoms with Crippen molar-refractivity contribution in [1.29, 1.82) is 0 Å². The Kier molecular flexibility index (Phi) is 9.10. The maximum Gasteiger partial charge on any atom is 0.349 e. The molecule has 0 unspecified atom stereocenters. The van der Waals surface area contributed by atoms with Gasteiger partial charge in [-0.2, -0.15) is 0 Å². The highest BCUT2D eigenvalue weighted by molar-refractivity contribution is 14.1. The van der Waals surface area contributed by atoms with E-state index in [2.05, 4.69) is 4.72 Å². The maximum absolute atomic E-state index is 13.8. The quantitative estimate of drug-likeness (QED) is 0.0598. The van der Waals surface area contributed by atoms with E-state index in [1.54, 1.807) is 45.2 Å². The molecule has 3 aromatic carbocycles. The van der Waals surface area contributed by atoms with Gasteiger partial charge in [-0.1, -0.05) is 12.1 Å². The molecule has 0 atom stereocenters. The zero-order chi connectivity index (χ0) is 28.6. The second-order valence-corrected chi connectivity index (χ2v) is 12.1. The molecular weight excluding hydrogens is 795 g/mol. The number of hydrogen-bond acceptors (Lipinski definition) is 8. The van der Waals surface area contributed by atoms with E-state index in [-0.39, 0.29) is 18.6 Å². The van der Waals surface area contributed by atoms with E-state index >= 15 is 0 Å². The van der Waals surface area contributed by atoms with Gasteiger partial charge in [-0.3, -0.25) is 0 Å². The normalized spacial score (nSPS) is 11.8. The third-order valence-corrected chi connectivity index (χ3v) is 9.00. The van der Waals surface area contributed by atoms with Crippen molar-refractivity contribution >= 4 is 77.0 Å². The van der Waals surface area contributed by atoms with Crippen molar-refractivity contribution < 1.29 is 57.6 Å². The lowest BCUT2D eigenvalue weighted by Crippen LogP contribution is -2.18. The number of rotatable bonds is 8. The molecular formula is C20H8F5I2NO8S2-2. The van der Waals surface area contributed by atoms with Gasteiger partial charge in [-0.15, -0.1) is 5.69 Å². The summed E-state index contributed by atoms with van der Waals surface area (Å²) < 4.78 is 139. The second-order valence-electron chi connectivity index (χ2n) is 6.89. The number of carbonyl (C=O) groups is 1. The third kappa shape index (κ3) is 6.63.